The lowest BCUT2D eigenvalue weighted by Gasteiger charge is -2.18. The molecule has 0 aliphatic carbocycles. The van der Waals surface area contributed by atoms with Gasteiger partial charge in [-0.25, -0.2) is 4.98 Å². The number of anilines is 1. The molecule has 1 aliphatic heterocycles. The van der Waals surface area contributed by atoms with E-state index in [4.69, 9.17) is 4.42 Å². The highest BCUT2D eigenvalue weighted by Gasteiger charge is 2.23. The van der Waals surface area contributed by atoms with Gasteiger partial charge in [0.25, 0.3) is 0 Å². The number of aryl methyl sites for hydroxylation is 1. The van der Waals surface area contributed by atoms with E-state index >= 15 is 0 Å². The molecule has 2 heterocycles. The summed E-state index contributed by atoms with van der Waals surface area (Å²) in [6.07, 6.45) is 1.34. The van der Waals surface area contributed by atoms with E-state index in [9.17, 15) is 4.79 Å². The fraction of sp³-hybridized carbons (Fsp3) is 0.304. The molecule has 0 bridgehead atoms. The Labute approximate surface area is 165 Å². The first kappa shape index (κ1) is 18.3. The predicted molar refractivity (Wildman–Crippen MR) is 110 cm³/mol. The summed E-state index contributed by atoms with van der Waals surface area (Å²) >= 11 is 0. The van der Waals surface area contributed by atoms with Crippen LogP contribution in [0.4, 0.5) is 5.69 Å². The van der Waals surface area contributed by atoms with Gasteiger partial charge in [0, 0.05) is 30.9 Å². The number of hydrogen-bond donors (Lipinski definition) is 1. The summed E-state index contributed by atoms with van der Waals surface area (Å²) in [7, 11) is 0. The fourth-order valence-electron chi connectivity index (χ4n) is 3.64. The van der Waals surface area contributed by atoms with Crippen LogP contribution in [0.2, 0.25) is 0 Å². The van der Waals surface area contributed by atoms with E-state index in [0.29, 0.717) is 29.8 Å². The molecule has 0 saturated carbocycles. The second kappa shape index (κ2) is 8.30. The maximum Gasteiger partial charge on any atom is 0.226 e. The van der Waals surface area contributed by atoms with Gasteiger partial charge >= 0.3 is 0 Å². The van der Waals surface area contributed by atoms with E-state index < -0.39 is 0 Å². The van der Waals surface area contributed by atoms with Gasteiger partial charge in [0.15, 0.2) is 0 Å². The molecular weight excluding hydrogens is 350 g/mol. The lowest BCUT2D eigenvalue weighted by atomic mass is 10.1. The van der Waals surface area contributed by atoms with E-state index in [1.807, 2.05) is 43.3 Å². The molecule has 4 rings (SSSR count). The van der Waals surface area contributed by atoms with Crippen molar-refractivity contribution in [3.63, 3.8) is 0 Å². The average molecular weight is 375 g/mol. The standard InChI is InChI=1S/C23H25N3O2/c1-17-21(25-23(28-17)19-8-4-2-5-9-19)14-22(27)24-15-18-12-13-26(16-18)20-10-6-3-7-11-20/h2-11,18H,12-16H2,1H3,(H,24,27). The summed E-state index contributed by atoms with van der Waals surface area (Å²) in [5.41, 5.74) is 2.88. The second-order valence-electron chi connectivity index (χ2n) is 7.31. The molecule has 2 aromatic carbocycles. The number of nitrogens with one attached hydrogen (secondary N) is 1. The van der Waals surface area contributed by atoms with Crippen LogP contribution in [-0.4, -0.2) is 30.5 Å². The van der Waals surface area contributed by atoms with Crippen LogP contribution in [0.5, 0.6) is 0 Å². The minimum absolute atomic E-state index is 0.00540. The smallest absolute Gasteiger partial charge is 0.226 e. The zero-order chi connectivity index (χ0) is 19.3. The highest BCUT2D eigenvalue weighted by atomic mass is 16.4. The van der Waals surface area contributed by atoms with Gasteiger partial charge < -0.3 is 14.6 Å². The number of nitrogens with zero attached hydrogens (tertiary/aromatic N) is 2. The van der Waals surface area contributed by atoms with Crippen molar-refractivity contribution >= 4 is 11.6 Å². The molecular formula is C23H25N3O2. The van der Waals surface area contributed by atoms with Gasteiger partial charge in [-0.15, -0.1) is 0 Å². The minimum Gasteiger partial charge on any atom is -0.441 e. The zero-order valence-electron chi connectivity index (χ0n) is 16.1. The average Bonchev–Trinajstić information content (AvgIpc) is 3.35. The molecule has 5 nitrogen and oxygen atoms in total. The number of oxazole rings is 1. The lowest BCUT2D eigenvalue weighted by molar-refractivity contribution is -0.120. The monoisotopic (exact) mass is 375 g/mol. The first-order chi connectivity index (χ1) is 13.7. The number of rotatable bonds is 6. The van der Waals surface area contributed by atoms with Crippen molar-refractivity contribution in [2.75, 3.05) is 24.5 Å². The van der Waals surface area contributed by atoms with Gasteiger partial charge in [-0.2, -0.15) is 0 Å². The zero-order valence-corrected chi connectivity index (χ0v) is 16.1. The van der Waals surface area contributed by atoms with Crippen LogP contribution >= 0.6 is 0 Å². The van der Waals surface area contributed by atoms with Gasteiger partial charge in [-0.1, -0.05) is 36.4 Å². The molecule has 0 spiro atoms. The SMILES string of the molecule is Cc1oc(-c2ccccc2)nc1CC(=O)NCC1CCN(c2ccccc2)C1. The summed E-state index contributed by atoms with van der Waals surface area (Å²) in [5.74, 6) is 1.73. The molecule has 1 unspecified atom stereocenters. The van der Waals surface area contributed by atoms with Gasteiger partial charge in [0.1, 0.15) is 5.76 Å². The van der Waals surface area contributed by atoms with E-state index in [2.05, 4.69) is 39.5 Å². The molecule has 1 fully saturated rings. The Hall–Kier alpha value is -3.08. The quantitative estimate of drug-likeness (QED) is 0.711. The third-order valence-corrected chi connectivity index (χ3v) is 5.24. The van der Waals surface area contributed by atoms with Gasteiger partial charge in [-0.3, -0.25) is 4.79 Å². The summed E-state index contributed by atoms with van der Waals surface area (Å²) in [6.45, 7) is 4.57. The van der Waals surface area contributed by atoms with Crippen LogP contribution < -0.4 is 10.2 Å². The second-order valence-corrected chi connectivity index (χ2v) is 7.31. The fourth-order valence-corrected chi connectivity index (χ4v) is 3.64. The minimum atomic E-state index is -0.00540. The topological polar surface area (TPSA) is 58.4 Å². The third kappa shape index (κ3) is 4.25. The van der Waals surface area contributed by atoms with Crippen LogP contribution in [0, 0.1) is 12.8 Å². The predicted octanol–water partition coefficient (Wildman–Crippen LogP) is 3.84. The number of hydrogen-bond acceptors (Lipinski definition) is 4. The van der Waals surface area contributed by atoms with Crippen LogP contribution in [-0.2, 0) is 11.2 Å². The molecule has 28 heavy (non-hydrogen) atoms. The number of carbonyl (C=O) groups excluding carboxylic acids is 1. The highest BCUT2D eigenvalue weighted by molar-refractivity contribution is 5.78. The Morgan fingerprint density at radius 3 is 2.61 bits per heavy atom. The van der Waals surface area contributed by atoms with Gasteiger partial charge in [0.05, 0.1) is 12.1 Å². The van der Waals surface area contributed by atoms with E-state index in [0.717, 1.165) is 25.1 Å². The number of benzene rings is 2. The Morgan fingerprint density at radius 1 is 1.14 bits per heavy atom. The molecule has 1 atom stereocenters. The van der Waals surface area contributed by atoms with Crippen LogP contribution in [0.3, 0.4) is 0 Å². The van der Waals surface area contributed by atoms with E-state index in [1.54, 1.807) is 0 Å². The first-order valence-electron chi connectivity index (χ1n) is 9.77. The van der Waals surface area contributed by atoms with Crippen LogP contribution in [0.1, 0.15) is 17.9 Å². The Morgan fingerprint density at radius 2 is 1.86 bits per heavy atom. The third-order valence-electron chi connectivity index (χ3n) is 5.24. The van der Waals surface area contributed by atoms with Gasteiger partial charge in [-0.05, 0) is 43.5 Å². The highest BCUT2D eigenvalue weighted by Crippen LogP contribution is 2.23. The Kier molecular flexibility index (Phi) is 5.42. The molecule has 1 aromatic heterocycles. The number of amides is 1. The number of para-hydroxylation sites is 1. The van der Waals surface area contributed by atoms with E-state index in [1.165, 1.54) is 5.69 Å². The molecule has 144 valence electrons. The maximum absolute atomic E-state index is 12.4. The molecule has 1 N–H and O–H groups in total. The van der Waals surface area contributed by atoms with Crippen molar-refractivity contribution in [1.29, 1.82) is 0 Å². The number of carbonyl (C=O) groups is 1. The van der Waals surface area contributed by atoms with Gasteiger partial charge in [0.2, 0.25) is 11.8 Å². The maximum atomic E-state index is 12.4. The van der Waals surface area contributed by atoms with Crippen molar-refractivity contribution in [2.45, 2.75) is 19.8 Å². The lowest BCUT2D eigenvalue weighted by Crippen LogP contribution is -2.32. The summed E-state index contributed by atoms with van der Waals surface area (Å²) in [6, 6.07) is 20.2. The van der Waals surface area contributed by atoms with Crippen molar-refractivity contribution in [2.24, 2.45) is 5.92 Å². The molecule has 0 radical (unpaired) electrons. The summed E-state index contributed by atoms with van der Waals surface area (Å²) in [4.78, 5) is 19.3. The van der Waals surface area contributed by atoms with Crippen LogP contribution in [0.25, 0.3) is 11.5 Å². The van der Waals surface area contributed by atoms with Crippen molar-refractivity contribution < 1.29 is 9.21 Å². The Bertz CT molecular complexity index is 922. The summed E-state index contributed by atoms with van der Waals surface area (Å²) < 4.78 is 5.74. The molecule has 1 saturated heterocycles. The van der Waals surface area contributed by atoms with Crippen LogP contribution in [0.15, 0.2) is 65.1 Å². The normalized spacial score (nSPS) is 16.3. The number of aromatic nitrogens is 1. The largest absolute Gasteiger partial charge is 0.441 e. The summed E-state index contributed by atoms with van der Waals surface area (Å²) in [5, 5.41) is 3.07. The van der Waals surface area contributed by atoms with Crippen molar-refractivity contribution in [1.82, 2.24) is 10.3 Å². The Balaban J connectivity index is 1.29. The van der Waals surface area contributed by atoms with Crippen molar-refractivity contribution in [3.8, 4) is 11.5 Å². The molecule has 1 amide bonds. The first-order valence-corrected chi connectivity index (χ1v) is 9.77. The molecule has 3 aromatic rings. The molecule has 5 heteroatoms. The van der Waals surface area contributed by atoms with Crippen molar-refractivity contribution in [3.05, 3.63) is 72.1 Å². The molecule has 1 aliphatic rings. The van der Waals surface area contributed by atoms with E-state index in [-0.39, 0.29) is 12.3 Å².